The Labute approximate surface area is 161 Å². The van der Waals surface area contributed by atoms with Gasteiger partial charge in [0.1, 0.15) is 0 Å². The molecule has 2 amide bonds. The van der Waals surface area contributed by atoms with Crippen LogP contribution in [0.5, 0.6) is 11.5 Å². The second-order valence-electron chi connectivity index (χ2n) is 6.64. The number of aromatic hydroxyl groups is 2. The summed E-state index contributed by atoms with van der Waals surface area (Å²) >= 11 is 0. The summed E-state index contributed by atoms with van der Waals surface area (Å²) in [5.41, 5.74) is 3.27. The summed E-state index contributed by atoms with van der Waals surface area (Å²) in [4.78, 5) is 27.5. The molecule has 28 heavy (non-hydrogen) atoms. The van der Waals surface area contributed by atoms with Crippen LogP contribution in [0.4, 0.5) is 5.69 Å². The van der Waals surface area contributed by atoms with Crippen molar-refractivity contribution in [1.29, 1.82) is 0 Å². The van der Waals surface area contributed by atoms with Crippen LogP contribution < -0.4 is 4.90 Å². The lowest BCUT2D eigenvalue weighted by Crippen LogP contribution is -2.41. The van der Waals surface area contributed by atoms with E-state index in [0.717, 1.165) is 5.56 Å². The number of imide groups is 1. The fraction of sp³-hybridized carbons (Fsp3) is 0.0435. The molecular weight excluding hydrogens is 354 g/mol. The van der Waals surface area contributed by atoms with Crippen LogP contribution in [0.3, 0.4) is 0 Å². The average molecular weight is 371 g/mol. The normalized spacial score (nSPS) is 15.0. The number of rotatable bonds is 2. The molecule has 0 unspecified atom stereocenters. The van der Waals surface area contributed by atoms with Crippen molar-refractivity contribution in [3.8, 4) is 11.5 Å². The van der Waals surface area contributed by atoms with Crippen molar-refractivity contribution in [2.24, 2.45) is 0 Å². The van der Waals surface area contributed by atoms with Gasteiger partial charge in [0.2, 0.25) is 0 Å². The second kappa shape index (κ2) is 6.70. The molecule has 0 radical (unpaired) electrons. The number of phenols is 2. The van der Waals surface area contributed by atoms with Crippen LogP contribution >= 0.6 is 0 Å². The first-order valence-electron chi connectivity index (χ1n) is 8.74. The first-order chi connectivity index (χ1) is 13.5. The van der Waals surface area contributed by atoms with E-state index in [4.69, 9.17) is 0 Å². The summed E-state index contributed by atoms with van der Waals surface area (Å²) in [7, 11) is 0. The van der Waals surface area contributed by atoms with Crippen LogP contribution in [-0.2, 0) is 4.79 Å². The van der Waals surface area contributed by atoms with Gasteiger partial charge < -0.3 is 10.2 Å². The molecule has 138 valence electrons. The summed E-state index contributed by atoms with van der Waals surface area (Å²) in [5.74, 6) is -1.34. The fourth-order valence-corrected chi connectivity index (χ4v) is 3.29. The molecular formula is C23H17NO4. The number of amides is 2. The average Bonchev–Trinajstić information content (AvgIpc) is 2.68. The summed E-state index contributed by atoms with van der Waals surface area (Å²) in [5, 5.41) is 19.3. The van der Waals surface area contributed by atoms with Gasteiger partial charge in [-0.25, -0.2) is 4.90 Å². The lowest BCUT2D eigenvalue weighted by Gasteiger charge is -2.29. The molecule has 5 nitrogen and oxygen atoms in total. The topological polar surface area (TPSA) is 77.8 Å². The molecule has 0 saturated heterocycles. The van der Waals surface area contributed by atoms with Gasteiger partial charge in [-0.1, -0.05) is 36.4 Å². The van der Waals surface area contributed by atoms with Gasteiger partial charge in [0.05, 0.1) is 5.69 Å². The highest BCUT2D eigenvalue weighted by Gasteiger charge is 2.35. The first-order valence-corrected chi connectivity index (χ1v) is 8.74. The number of carbonyl (C=O) groups is 2. The van der Waals surface area contributed by atoms with E-state index in [-0.39, 0.29) is 17.4 Å². The van der Waals surface area contributed by atoms with E-state index >= 15 is 0 Å². The zero-order valence-electron chi connectivity index (χ0n) is 15.1. The minimum absolute atomic E-state index is 0.242. The Bertz CT molecular complexity index is 1150. The number of hydrogen-bond donors (Lipinski definition) is 2. The predicted octanol–water partition coefficient (Wildman–Crippen LogP) is 4.13. The number of anilines is 1. The minimum Gasteiger partial charge on any atom is -0.504 e. The maximum absolute atomic E-state index is 13.3. The van der Waals surface area contributed by atoms with Crippen molar-refractivity contribution in [2.45, 2.75) is 6.92 Å². The third-order valence-electron chi connectivity index (χ3n) is 4.65. The fourth-order valence-electron chi connectivity index (χ4n) is 3.29. The molecule has 4 rings (SSSR count). The van der Waals surface area contributed by atoms with E-state index in [2.05, 4.69) is 0 Å². The van der Waals surface area contributed by atoms with Gasteiger partial charge in [0, 0.05) is 11.1 Å². The van der Waals surface area contributed by atoms with Crippen molar-refractivity contribution in [3.63, 3.8) is 0 Å². The monoisotopic (exact) mass is 371 g/mol. The molecule has 1 aliphatic rings. The van der Waals surface area contributed by atoms with Crippen molar-refractivity contribution in [2.75, 3.05) is 4.90 Å². The quantitative estimate of drug-likeness (QED) is 0.403. The van der Waals surface area contributed by atoms with E-state index in [1.165, 1.54) is 17.0 Å². The molecule has 5 heteroatoms. The standard InChI is InChI=1S/C23H17NO4/c1-14-5-4-6-16(11-14)24-22(27)18-8-3-2-7-17(18)19(23(24)28)12-15-9-10-20(25)21(26)13-15/h2-13,25-26H,1H3/b19-12+. The van der Waals surface area contributed by atoms with E-state index in [1.54, 1.807) is 54.6 Å². The number of hydrogen-bond acceptors (Lipinski definition) is 4. The summed E-state index contributed by atoms with van der Waals surface area (Å²) in [6.45, 7) is 1.90. The van der Waals surface area contributed by atoms with Crippen molar-refractivity contribution in [3.05, 3.63) is 89.0 Å². The number of fused-ring (bicyclic) bond motifs is 1. The smallest absolute Gasteiger partial charge is 0.265 e. The molecule has 0 aromatic heterocycles. The summed E-state index contributed by atoms with van der Waals surface area (Å²) in [6.07, 6.45) is 1.61. The molecule has 1 aliphatic heterocycles. The van der Waals surface area contributed by atoms with Crippen LogP contribution in [0.25, 0.3) is 11.6 Å². The van der Waals surface area contributed by atoms with Crippen LogP contribution in [0.1, 0.15) is 27.0 Å². The van der Waals surface area contributed by atoms with Gasteiger partial charge in [-0.15, -0.1) is 0 Å². The molecule has 0 fully saturated rings. The number of nitrogens with zero attached hydrogens (tertiary/aromatic N) is 1. The lowest BCUT2D eigenvalue weighted by molar-refractivity contribution is -0.112. The Morgan fingerprint density at radius 3 is 2.25 bits per heavy atom. The van der Waals surface area contributed by atoms with Gasteiger partial charge in [-0.05, 0) is 60.0 Å². The Morgan fingerprint density at radius 2 is 1.54 bits per heavy atom. The molecule has 0 atom stereocenters. The Balaban J connectivity index is 1.91. The number of benzene rings is 3. The predicted molar refractivity (Wildman–Crippen MR) is 107 cm³/mol. The van der Waals surface area contributed by atoms with E-state index in [1.807, 2.05) is 13.0 Å². The Hall–Kier alpha value is -3.86. The SMILES string of the molecule is Cc1cccc(N2C(=O)/C(=C/c3ccc(O)c(O)c3)c3ccccc3C2=O)c1. The molecule has 0 aliphatic carbocycles. The van der Waals surface area contributed by atoms with Crippen LogP contribution in [0, 0.1) is 6.92 Å². The molecule has 3 aromatic rings. The highest BCUT2D eigenvalue weighted by molar-refractivity contribution is 6.43. The maximum Gasteiger partial charge on any atom is 0.265 e. The number of aryl methyl sites for hydroxylation is 1. The third kappa shape index (κ3) is 2.93. The molecule has 0 spiro atoms. The number of carbonyl (C=O) groups excluding carboxylic acids is 2. The highest BCUT2D eigenvalue weighted by atomic mass is 16.3. The summed E-state index contributed by atoms with van der Waals surface area (Å²) < 4.78 is 0. The maximum atomic E-state index is 13.3. The summed E-state index contributed by atoms with van der Waals surface area (Å²) in [6, 6.07) is 18.4. The first kappa shape index (κ1) is 17.5. The van der Waals surface area contributed by atoms with Crippen molar-refractivity contribution >= 4 is 29.2 Å². The van der Waals surface area contributed by atoms with Crippen LogP contribution in [0.2, 0.25) is 0 Å². The minimum atomic E-state index is -0.443. The van der Waals surface area contributed by atoms with Gasteiger partial charge in [-0.2, -0.15) is 0 Å². The van der Waals surface area contributed by atoms with Crippen molar-refractivity contribution < 1.29 is 19.8 Å². The van der Waals surface area contributed by atoms with E-state index < -0.39 is 5.91 Å². The van der Waals surface area contributed by atoms with Gasteiger partial charge in [0.25, 0.3) is 11.8 Å². The number of phenolic OH excluding ortho intramolecular Hbond substituents is 2. The van der Waals surface area contributed by atoms with Gasteiger partial charge in [0.15, 0.2) is 11.5 Å². The molecule has 2 N–H and O–H groups in total. The van der Waals surface area contributed by atoms with Gasteiger partial charge >= 0.3 is 0 Å². The van der Waals surface area contributed by atoms with Crippen molar-refractivity contribution in [1.82, 2.24) is 0 Å². The molecule has 3 aromatic carbocycles. The lowest BCUT2D eigenvalue weighted by atomic mass is 9.91. The van der Waals surface area contributed by atoms with E-state index in [9.17, 15) is 19.8 Å². The zero-order valence-corrected chi connectivity index (χ0v) is 15.1. The second-order valence-corrected chi connectivity index (χ2v) is 6.64. The molecule has 1 heterocycles. The van der Waals surface area contributed by atoms with Crippen LogP contribution in [-0.4, -0.2) is 22.0 Å². The Kier molecular flexibility index (Phi) is 4.20. The zero-order chi connectivity index (χ0) is 19.8. The largest absolute Gasteiger partial charge is 0.504 e. The highest BCUT2D eigenvalue weighted by Crippen LogP contribution is 2.34. The van der Waals surface area contributed by atoms with Crippen LogP contribution in [0.15, 0.2) is 66.7 Å². The third-order valence-corrected chi connectivity index (χ3v) is 4.65. The molecule has 0 saturated carbocycles. The Morgan fingerprint density at radius 1 is 0.786 bits per heavy atom. The molecule has 0 bridgehead atoms. The van der Waals surface area contributed by atoms with E-state index in [0.29, 0.717) is 28.0 Å². The van der Waals surface area contributed by atoms with Gasteiger partial charge in [-0.3, -0.25) is 9.59 Å².